The molecular weight excluding hydrogens is 363 g/mol. The Morgan fingerprint density at radius 3 is 2.81 bits per heavy atom. The standard InChI is InChI=1S/C17H16F3N5O2/c18-17(19,20)10-25-15(22-13-5-2-1-4-12(13)16(25)26)14-6-3-7-24(14)9-11-8-21-27-23-11/h1-2,4-5,8,14H,3,6-7,9-10H2. The molecule has 0 saturated carbocycles. The summed E-state index contributed by atoms with van der Waals surface area (Å²) in [6.45, 7) is -0.343. The molecule has 0 aliphatic carbocycles. The molecule has 142 valence electrons. The minimum Gasteiger partial charge on any atom is -0.287 e. The highest BCUT2D eigenvalue weighted by molar-refractivity contribution is 5.77. The summed E-state index contributed by atoms with van der Waals surface area (Å²) < 4.78 is 44.8. The number of halogens is 3. The van der Waals surface area contributed by atoms with E-state index in [0.29, 0.717) is 30.7 Å². The van der Waals surface area contributed by atoms with Crippen LogP contribution in [-0.4, -0.2) is 37.5 Å². The molecule has 1 fully saturated rings. The zero-order chi connectivity index (χ0) is 19.0. The normalized spacial score (nSPS) is 18.4. The number of hydrogen-bond donors (Lipinski definition) is 0. The summed E-state index contributed by atoms with van der Waals surface area (Å²) in [5.74, 6) is 0.130. The van der Waals surface area contributed by atoms with Crippen LogP contribution in [0.4, 0.5) is 13.2 Å². The van der Waals surface area contributed by atoms with Gasteiger partial charge in [0.2, 0.25) is 0 Å². The largest absolute Gasteiger partial charge is 0.406 e. The molecule has 4 rings (SSSR count). The van der Waals surface area contributed by atoms with Crippen molar-refractivity contribution in [1.29, 1.82) is 0 Å². The van der Waals surface area contributed by atoms with Gasteiger partial charge in [-0.2, -0.15) is 13.2 Å². The van der Waals surface area contributed by atoms with Gasteiger partial charge in [-0.1, -0.05) is 22.4 Å². The predicted octanol–water partition coefficient (Wildman–Crippen LogP) is 2.68. The highest BCUT2D eigenvalue weighted by Crippen LogP contribution is 2.33. The van der Waals surface area contributed by atoms with Gasteiger partial charge in [-0.25, -0.2) is 9.61 Å². The molecule has 1 aliphatic rings. The van der Waals surface area contributed by atoms with Crippen molar-refractivity contribution < 1.29 is 17.8 Å². The van der Waals surface area contributed by atoms with Crippen molar-refractivity contribution in [1.82, 2.24) is 24.8 Å². The molecule has 10 heteroatoms. The van der Waals surface area contributed by atoms with Crippen LogP contribution in [0.2, 0.25) is 0 Å². The summed E-state index contributed by atoms with van der Waals surface area (Å²) in [6, 6.07) is 6.04. The quantitative estimate of drug-likeness (QED) is 0.694. The van der Waals surface area contributed by atoms with Crippen molar-refractivity contribution in [3.63, 3.8) is 0 Å². The van der Waals surface area contributed by atoms with Crippen LogP contribution in [0.15, 0.2) is 39.9 Å². The first-order valence-electron chi connectivity index (χ1n) is 8.49. The van der Waals surface area contributed by atoms with Crippen LogP contribution in [0.5, 0.6) is 0 Å². The topological polar surface area (TPSA) is 77.1 Å². The number of benzene rings is 1. The van der Waals surface area contributed by atoms with E-state index in [0.717, 1.165) is 11.0 Å². The van der Waals surface area contributed by atoms with Gasteiger partial charge >= 0.3 is 6.18 Å². The van der Waals surface area contributed by atoms with Crippen molar-refractivity contribution in [3.8, 4) is 0 Å². The maximum atomic E-state index is 13.2. The Hall–Kier alpha value is -2.75. The fourth-order valence-corrected chi connectivity index (χ4v) is 3.54. The third-order valence-electron chi connectivity index (χ3n) is 4.66. The second-order valence-electron chi connectivity index (χ2n) is 6.52. The fraction of sp³-hybridized carbons (Fsp3) is 0.412. The highest BCUT2D eigenvalue weighted by atomic mass is 19.4. The summed E-state index contributed by atoms with van der Waals surface area (Å²) >= 11 is 0. The van der Waals surface area contributed by atoms with E-state index in [9.17, 15) is 18.0 Å². The Bertz CT molecular complexity index is 1000. The second-order valence-corrected chi connectivity index (χ2v) is 6.52. The third-order valence-corrected chi connectivity index (χ3v) is 4.66. The average Bonchev–Trinajstić information content (AvgIpc) is 3.29. The minimum absolute atomic E-state index is 0.130. The monoisotopic (exact) mass is 379 g/mol. The van der Waals surface area contributed by atoms with Gasteiger partial charge in [0.15, 0.2) is 0 Å². The molecule has 7 nitrogen and oxygen atoms in total. The zero-order valence-corrected chi connectivity index (χ0v) is 14.2. The molecule has 0 radical (unpaired) electrons. The zero-order valence-electron chi connectivity index (χ0n) is 14.2. The average molecular weight is 379 g/mol. The second kappa shape index (κ2) is 6.76. The van der Waals surface area contributed by atoms with Crippen molar-refractivity contribution in [2.75, 3.05) is 6.54 Å². The van der Waals surface area contributed by atoms with Crippen LogP contribution in [0.3, 0.4) is 0 Å². The minimum atomic E-state index is -4.53. The van der Waals surface area contributed by atoms with Gasteiger partial charge in [-0.15, -0.1) is 0 Å². The van der Waals surface area contributed by atoms with Gasteiger partial charge in [0.1, 0.15) is 18.1 Å². The molecule has 0 N–H and O–H groups in total. The van der Waals surface area contributed by atoms with Gasteiger partial charge in [0.05, 0.1) is 23.1 Å². The molecule has 0 bridgehead atoms. The SMILES string of the molecule is O=c1c2ccccc2nc(C2CCCN2Cc2cnon2)n1CC(F)(F)F. The van der Waals surface area contributed by atoms with E-state index >= 15 is 0 Å². The van der Waals surface area contributed by atoms with Gasteiger partial charge in [-0.05, 0) is 31.5 Å². The van der Waals surface area contributed by atoms with Crippen LogP contribution in [0, 0.1) is 0 Å². The lowest BCUT2D eigenvalue weighted by Gasteiger charge is -2.26. The number of rotatable bonds is 4. The van der Waals surface area contributed by atoms with Crippen molar-refractivity contribution >= 4 is 10.9 Å². The molecule has 3 aromatic rings. The van der Waals surface area contributed by atoms with Gasteiger partial charge < -0.3 is 0 Å². The molecule has 1 aromatic carbocycles. The Morgan fingerprint density at radius 1 is 1.26 bits per heavy atom. The first kappa shape index (κ1) is 17.7. The third kappa shape index (κ3) is 3.57. The summed E-state index contributed by atoms with van der Waals surface area (Å²) in [6.07, 6.45) is -1.67. The molecule has 1 atom stereocenters. The van der Waals surface area contributed by atoms with Gasteiger partial charge in [0, 0.05) is 6.54 Å². The molecule has 1 aliphatic heterocycles. The van der Waals surface area contributed by atoms with E-state index in [2.05, 4.69) is 19.9 Å². The Labute approximate surface area is 151 Å². The van der Waals surface area contributed by atoms with Crippen LogP contribution < -0.4 is 5.56 Å². The smallest absolute Gasteiger partial charge is 0.287 e. The highest BCUT2D eigenvalue weighted by Gasteiger charge is 2.35. The molecule has 1 saturated heterocycles. The Balaban J connectivity index is 1.81. The molecule has 2 aromatic heterocycles. The molecule has 0 spiro atoms. The van der Waals surface area contributed by atoms with E-state index in [1.165, 1.54) is 12.3 Å². The van der Waals surface area contributed by atoms with Crippen LogP contribution in [0.1, 0.15) is 30.4 Å². The fourth-order valence-electron chi connectivity index (χ4n) is 3.54. The number of nitrogens with zero attached hydrogens (tertiary/aromatic N) is 5. The van der Waals surface area contributed by atoms with Crippen LogP contribution in [0.25, 0.3) is 10.9 Å². The lowest BCUT2D eigenvalue weighted by Crippen LogP contribution is -2.35. The maximum absolute atomic E-state index is 13.2. The van der Waals surface area contributed by atoms with E-state index < -0.39 is 24.3 Å². The van der Waals surface area contributed by atoms with Crippen molar-refractivity contribution in [2.24, 2.45) is 0 Å². The summed E-state index contributed by atoms with van der Waals surface area (Å²) in [5, 5.41) is 7.49. The van der Waals surface area contributed by atoms with Crippen LogP contribution >= 0.6 is 0 Å². The predicted molar refractivity (Wildman–Crippen MR) is 88.7 cm³/mol. The number of alkyl halides is 3. The van der Waals surface area contributed by atoms with Crippen molar-refractivity contribution in [3.05, 3.63) is 52.3 Å². The number of fused-ring (bicyclic) bond motifs is 1. The Kier molecular flexibility index (Phi) is 4.42. The van der Waals surface area contributed by atoms with Crippen molar-refractivity contribution in [2.45, 2.75) is 38.1 Å². The number of aromatic nitrogens is 4. The summed E-state index contributed by atoms with van der Waals surface area (Å²) in [4.78, 5) is 19.2. The molecule has 0 amide bonds. The lowest BCUT2D eigenvalue weighted by molar-refractivity contribution is -0.142. The first-order valence-corrected chi connectivity index (χ1v) is 8.49. The maximum Gasteiger partial charge on any atom is 0.406 e. The summed E-state index contributed by atoms with van der Waals surface area (Å²) in [7, 11) is 0. The number of hydrogen-bond acceptors (Lipinski definition) is 6. The van der Waals surface area contributed by atoms with Gasteiger partial charge in [0.25, 0.3) is 5.56 Å². The molecule has 27 heavy (non-hydrogen) atoms. The van der Waals surface area contributed by atoms with Gasteiger partial charge in [-0.3, -0.25) is 14.3 Å². The van der Waals surface area contributed by atoms with E-state index in [1.54, 1.807) is 18.2 Å². The molecule has 3 heterocycles. The summed E-state index contributed by atoms with van der Waals surface area (Å²) in [5.41, 5.74) is 0.293. The number of likely N-dealkylation sites (tertiary alicyclic amines) is 1. The molecule has 1 unspecified atom stereocenters. The first-order chi connectivity index (χ1) is 12.9. The lowest BCUT2D eigenvalue weighted by atomic mass is 10.1. The van der Waals surface area contributed by atoms with Crippen LogP contribution in [-0.2, 0) is 13.1 Å². The van der Waals surface area contributed by atoms with E-state index in [4.69, 9.17) is 0 Å². The van der Waals surface area contributed by atoms with E-state index in [1.807, 2.05) is 4.90 Å². The number of para-hydroxylation sites is 1. The molecular formula is C17H16F3N5O2. The Morgan fingerprint density at radius 2 is 2.07 bits per heavy atom. The van der Waals surface area contributed by atoms with E-state index in [-0.39, 0.29) is 11.2 Å².